The van der Waals surface area contributed by atoms with Gasteiger partial charge in [0.05, 0.1) is 9.85 Å². The molecular weight excluding hydrogens is 404 g/mol. The van der Waals surface area contributed by atoms with Gasteiger partial charge in [-0.2, -0.15) is 0 Å². The van der Waals surface area contributed by atoms with Gasteiger partial charge in [0.15, 0.2) is 21.4 Å². The summed E-state index contributed by atoms with van der Waals surface area (Å²) in [4.78, 5) is 44.0. The van der Waals surface area contributed by atoms with E-state index in [4.69, 9.17) is 0 Å². The number of hydrogen-bond acceptors (Lipinski definition) is 8. The first-order chi connectivity index (χ1) is 14.0. The highest BCUT2D eigenvalue weighted by Gasteiger charge is 2.32. The predicted molar refractivity (Wildman–Crippen MR) is 104 cm³/mol. The van der Waals surface area contributed by atoms with Crippen LogP contribution in [0.1, 0.15) is 11.1 Å². The van der Waals surface area contributed by atoms with Crippen LogP contribution in [-0.4, -0.2) is 33.0 Å². The number of hydrazine groups is 2. The number of aryl methyl sites for hydroxylation is 2. The van der Waals surface area contributed by atoms with Crippen LogP contribution in [0.25, 0.3) is 0 Å². The highest BCUT2D eigenvalue weighted by atomic mass is 16.7. The third kappa shape index (κ3) is 4.73. The molecule has 2 rings (SSSR count). The van der Waals surface area contributed by atoms with E-state index in [9.17, 15) is 40.5 Å². The van der Waals surface area contributed by atoms with E-state index in [-0.39, 0.29) is 11.4 Å². The summed E-state index contributed by atoms with van der Waals surface area (Å²) < 4.78 is 0. The van der Waals surface area contributed by atoms with Crippen LogP contribution in [0.3, 0.4) is 0 Å². The molecule has 0 aliphatic heterocycles. The van der Waals surface area contributed by atoms with Crippen molar-refractivity contribution in [1.29, 1.82) is 0 Å². The lowest BCUT2D eigenvalue weighted by Crippen LogP contribution is -2.41. The highest BCUT2D eigenvalue weighted by molar-refractivity contribution is 5.64. The number of rotatable bonds is 9. The largest absolute Gasteiger partial charge is 0.298 e. The molecule has 0 aromatic heterocycles. The molecular formula is C16H16N6O8. The van der Waals surface area contributed by atoms with Crippen LogP contribution in [0.4, 0.5) is 22.7 Å². The fourth-order valence-electron chi connectivity index (χ4n) is 2.77. The molecule has 0 aliphatic carbocycles. The molecule has 0 fully saturated rings. The number of nitro groups is 4. The fraction of sp³-hybridized carbons (Fsp3) is 0.250. The zero-order valence-electron chi connectivity index (χ0n) is 15.8. The normalized spacial score (nSPS) is 10.3. The second kappa shape index (κ2) is 8.76. The number of nitro benzene ring substituents is 2. The summed E-state index contributed by atoms with van der Waals surface area (Å²) in [5.41, 5.74) is -0.817. The Morgan fingerprint density at radius 2 is 1.00 bits per heavy atom. The summed E-state index contributed by atoms with van der Waals surface area (Å²) in [6, 6.07) is 7.47. The minimum absolute atomic E-state index is 0.364. The summed E-state index contributed by atoms with van der Waals surface area (Å²) in [5, 5.41) is 44.5. The predicted octanol–water partition coefficient (Wildman–Crippen LogP) is 2.82. The zero-order chi connectivity index (χ0) is 22.6. The Labute approximate surface area is 168 Å². The Kier molecular flexibility index (Phi) is 6.41. The zero-order valence-corrected chi connectivity index (χ0v) is 15.8. The molecule has 158 valence electrons. The highest BCUT2D eigenvalue weighted by Crippen LogP contribution is 2.31. The summed E-state index contributed by atoms with van der Waals surface area (Å²) in [6.07, 6.45) is 0. The molecule has 30 heavy (non-hydrogen) atoms. The maximum atomic E-state index is 11.5. The van der Waals surface area contributed by atoms with Crippen molar-refractivity contribution in [2.24, 2.45) is 0 Å². The molecule has 0 bridgehead atoms. The van der Waals surface area contributed by atoms with E-state index in [1.54, 1.807) is 13.8 Å². The quantitative estimate of drug-likeness (QED) is 0.432. The third-order valence-electron chi connectivity index (χ3n) is 4.13. The average molecular weight is 420 g/mol. The van der Waals surface area contributed by atoms with Gasteiger partial charge in [0.1, 0.15) is 13.1 Å². The van der Waals surface area contributed by atoms with Crippen LogP contribution in [0.15, 0.2) is 36.4 Å². The molecule has 14 heteroatoms. The lowest BCUT2D eigenvalue weighted by Gasteiger charge is -2.18. The topological polar surface area (TPSA) is 179 Å². The SMILES string of the molecule is Cc1ccc(N(CCN(c2ccc(C)cc2[N+](=O)[O-])[N+](=O)[O-])[N+](=O)[O-])c([N+](=O)[O-])c1. The lowest BCUT2D eigenvalue weighted by atomic mass is 10.2. The van der Waals surface area contributed by atoms with Crippen molar-refractivity contribution in [1.82, 2.24) is 0 Å². The van der Waals surface area contributed by atoms with Crippen molar-refractivity contribution in [3.63, 3.8) is 0 Å². The van der Waals surface area contributed by atoms with Crippen molar-refractivity contribution in [3.05, 3.63) is 88.0 Å². The van der Waals surface area contributed by atoms with Gasteiger partial charge in [0.2, 0.25) is 0 Å². The van der Waals surface area contributed by atoms with Gasteiger partial charge in [-0.25, -0.2) is 20.2 Å². The van der Waals surface area contributed by atoms with Gasteiger partial charge >= 0.3 is 0 Å². The first-order valence-corrected chi connectivity index (χ1v) is 8.36. The molecule has 0 unspecified atom stereocenters. The Morgan fingerprint density at radius 3 is 1.27 bits per heavy atom. The molecule has 0 spiro atoms. The molecule has 0 radical (unpaired) electrons. The maximum absolute atomic E-state index is 11.5. The standard InChI is InChI=1S/C16H16N6O8/c1-11-3-5-13(15(9-11)19(23)24)17(21(27)28)7-8-18(22(29)30)14-6-4-12(2)10-16(14)20(25)26/h3-6,9-10H,7-8H2,1-2H3. The molecule has 14 nitrogen and oxygen atoms in total. The molecule has 0 amide bonds. The van der Waals surface area contributed by atoms with E-state index in [0.717, 1.165) is 12.1 Å². The molecule has 0 saturated heterocycles. The number of anilines is 2. The first-order valence-electron chi connectivity index (χ1n) is 8.36. The van der Waals surface area contributed by atoms with E-state index in [0.29, 0.717) is 21.1 Å². The van der Waals surface area contributed by atoms with Gasteiger partial charge in [-0.1, -0.05) is 22.2 Å². The Hall–Kier alpha value is -4.36. The first kappa shape index (κ1) is 21.9. The summed E-state index contributed by atoms with van der Waals surface area (Å²) >= 11 is 0. The molecule has 0 heterocycles. The fourth-order valence-corrected chi connectivity index (χ4v) is 2.77. The van der Waals surface area contributed by atoms with Gasteiger partial charge < -0.3 is 0 Å². The Morgan fingerprint density at radius 1 is 0.667 bits per heavy atom. The average Bonchev–Trinajstić information content (AvgIpc) is 2.65. The molecule has 0 saturated carbocycles. The lowest BCUT2D eigenvalue weighted by molar-refractivity contribution is -0.506. The van der Waals surface area contributed by atoms with E-state index < -0.39 is 44.4 Å². The molecule has 0 N–H and O–H groups in total. The van der Waals surface area contributed by atoms with Gasteiger partial charge in [-0.05, 0) is 37.1 Å². The number of benzene rings is 2. The number of hydrogen-bond donors (Lipinski definition) is 0. The number of nitrogens with zero attached hydrogens (tertiary/aromatic N) is 6. The van der Waals surface area contributed by atoms with Gasteiger partial charge in [0, 0.05) is 12.1 Å². The second-order valence-electron chi connectivity index (χ2n) is 6.22. The molecule has 2 aromatic carbocycles. The van der Waals surface area contributed by atoms with Crippen LogP contribution in [0, 0.1) is 54.3 Å². The summed E-state index contributed by atoms with van der Waals surface area (Å²) in [5.74, 6) is 0. The van der Waals surface area contributed by atoms with E-state index in [1.165, 1.54) is 24.3 Å². The smallest absolute Gasteiger partial charge is 0.258 e. The minimum atomic E-state index is -0.931. The van der Waals surface area contributed by atoms with E-state index >= 15 is 0 Å². The van der Waals surface area contributed by atoms with Crippen LogP contribution >= 0.6 is 0 Å². The van der Waals surface area contributed by atoms with Crippen molar-refractivity contribution >= 4 is 22.7 Å². The van der Waals surface area contributed by atoms with Gasteiger partial charge in [-0.15, -0.1) is 0 Å². The molecule has 0 aliphatic rings. The second-order valence-corrected chi connectivity index (χ2v) is 6.22. The van der Waals surface area contributed by atoms with Crippen molar-refractivity contribution in [2.45, 2.75) is 13.8 Å². The summed E-state index contributed by atoms with van der Waals surface area (Å²) in [6.45, 7) is 1.84. The van der Waals surface area contributed by atoms with Crippen LogP contribution in [-0.2, 0) is 0 Å². The van der Waals surface area contributed by atoms with E-state index in [1.807, 2.05) is 0 Å². The molecule has 0 atom stereocenters. The monoisotopic (exact) mass is 420 g/mol. The molecule has 2 aromatic rings. The van der Waals surface area contributed by atoms with Gasteiger partial charge in [0.25, 0.3) is 11.4 Å². The van der Waals surface area contributed by atoms with Crippen molar-refractivity contribution < 1.29 is 19.9 Å². The Balaban J connectivity index is 2.42. The van der Waals surface area contributed by atoms with Crippen LogP contribution < -0.4 is 10.0 Å². The van der Waals surface area contributed by atoms with Gasteiger partial charge in [-0.3, -0.25) is 20.2 Å². The van der Waals surface area contributed by atoms with E-state index in [2.05, 4.69) is 0 Å². The Bertz CT molecular complexity index is 945. The minimum Gasteiger partial charge on any atom is -0.258 e. The van der Waals surface area contributed by atoms with Crippen molar-refractivity contribution in [2.75, 3.05) is 23.1 Å². The van der Waals surface area contributed by atoms with Crippen molar-refractivity contribution in [3.8, 4) is 0 Å². The van der Waals surface area contributed by atoms with Crippen LogP contribution in [0.5, 0.6) is 0 Å². The van der Waals surface area contributed by atoms with Crippen LogP contribution in [0.2, 0.25) is 0 Å². The third-order valence-corrected chi connectivity index (χ3v) is 4.13. The summed E-state index contributed by atoms with van der Waals surface area (Å²) in [7, 11) is 0. The maximum Gasteiger partial charge on any atom is 0.298 e.